The number of benzene rings is 2. The van der Waals surface area contributed by atoms with E-state index >= 15 is 0 Å². The Morgan fingerprint density at radius 3 is 2.57 bits per heavy atom. The topological polar surface area (TPSA) is 69.0 Å². The first kappa shape index (κ1) is 27.3. The van der Waals surface area contributed by atoms with Crippen LogP contribution in [-0.2, 0) is 13.1 Å². The number of aliphatic hydroxyl groups is 1. The number of imidazole rings is 1. The number of piperidine rings is 1. The molecule has 0 bridgehead atoms. The molecule has 4 rings (SSSR count). The van der Waals surface area contributed by atoms with Gasteiger partial charge in [-0.3, -0.25) is 4.90 Å². The van der Waals surface area contributed by atoms with E-state index in [9.17, 15) is 5.11 Å². The van der Waals surface area contributed by atoms with Crippen molar-refractivity contribution in [2.45, 2.75) is 58.7 Å². The van der Waals surface area contributed by atoms with Gasteiger partial charge in [0.25, 0.3) is 0 Å². The van der Waals surface area contributed by atoms with Gasteiger partial charge in [-0.2, -0.15) is 0 Å². The number of aromatic nitrogens is 2. The zero-order valence-corrected chi connectivity index (χ0v) is 23.1. The molecule has 0 saturated carbocycles. The number of hydrogen-bond acceptors (Lipinski definition) is 6. The molecule has 1 aromatic heterocycles. The van der Waals surface area contributed by atoms with Crippen LogP contribution in [0, 0.1) is 20.8 Å². The maximum absolute atomic E-state index is 11.3. The zero-order chi connectivity index (χ0) is 26.4. The van der Waals surface area contributed by atoms with E-state index < -0.39 is 5.60 Å². The third-order valence-corrected chi connectivity index (χ3v) is 7.51. The number of methoxy groups -OCH3 is 1. The summed E-state index contributed by atoms with van der Waals surface area (Å²) in [5.74, 6) is 3.21. The predicted molar refractivity (Wildman–Crippen MR) is 146 cm³/mol. The first-order chi connectivity index (χ1) is 17.8. The Balaban J connectivity index is 1.30. The molecule has 3 aromatic rings. The molecule has 1 aliphatic rings. The van der Waals surface area contributed by atoms with Crippen molar-refractivity contribution in [3.8, 4) is 17.2 Å². The number of hydrogen-bond donors (Lipinski definition) is 1. The summed E-state index contributed by atoms with van der Waals surface area (Å²) in [5, 5.41) is 12.0. The fraction of sp³-hybridized carbons (Fsp3) is 0.483. The molecule has 1 saturated heterocycles. The fourth-order valence-corrected chi connectivity index (χ4v) is 5.02. The predicted octanol–water partition coefficient (Wildman–Crippen LogP) is 5.35. The van der Waals surface area contributed by atoms with E-state index in [4.69, 9.17) is 25.8 Å². The van der Waals surface area contributed by atoms with Gasteiger partial charge in [-0.05, 0) is 87.5 Å². The summed E-state index contributed by atoms with van der Waals surface area (Å²) >= 11 is 6.28. The largest absolute Gasteiger partial charge is 0.493 e. The molecule has 0 unspecified atom stereocenters. The number of halogens is 1. The van der Waals surface area contributed by atoms with Crippen LogP contribution in [0.25, 0.3) is 0 Å². The van der Waals surface area contributed by atoms with Crippen LogP contribution in [0.15, 0.2) is 42.7 Å². The van der Waals surface area contributed by atoms with Crippen LogP contribution < -0.4 is 14.2 Å². The van der Waals surface area contributed by atoms with E-state index in [1.54, 1.807) is 7.11 Å². The average molecular weight is 528 g/mol. The minimum Gasteiger partial charge on any atom is -0.493 e. The van der Waals surface area contributed by atoms with Gasteiger partial charge in [0.2, 0.25) is 0 Å². The Morgan fingerprint density at radius 1 is 1.08 bits per heavy atom. The molecule has 1 aliphatic heterocycles. The molecule has 200 valence electrons. The van der Waals surface area contributed by atoms with Gasteiger partial charge in [-0.25, -0.2) is 4.98 Å². The van der Waals surface area contributed by atoms with Crippen LogP contribution in [0.4, 0.5) is 0 Å². The molecule has 1 fully saturated rings. The van der Waals surface area contributed by atoms with Gasteiger partial charge in [0.1, 0.15) is 23.8 Å². The van der Waals surface area contributed by atoms with Crippen molar-refractivity contribution in [1.82, 2.24) is 14.5 Å². The number of rotatable bonds is 11. The summed E-state index contributed by atoms with van der Waals surface area (Å²) in [6, 6.07) is 9.92. The van der Waals surface area contributed by atoms with Crippen LogP contribution in [0.1, 0.15) is 41.8 Å². The summed E-state index contributed by atoms with van der Waals surface area (Å²) in [7, 11) is 1.66. The van der Waals surface area contributed by atoms with Gasteiger partial charge in [0.15, 0.2) is 11.5 Å². The third kappa shape index (κ3) is 7.18. The van der Waals surface area contributed by atoms with E-state index in [-0.39, 0.29) is 6.61 Å². The first-order valence-electron chi connectivity index (χ1n) is 12.9. The van der Waals surface area contributed by atoms with E-state index in [1.807, 2.05) is 57.4 Å². The lowest BCUT2D eigenvalue weighted by Gasteiger charge is -2.39. The number of likely N-dealkylation sites (tertiary alicyclic amines) is 1. The highest BCUT2D eigenvalue weighted by atomic mass is 35.5. The summed E-state index contributed by atoms with van der Waals surface area (Å²) < 4.78 is 19.8. The van der Waals surface area contributed by atoms with Crippen LogP contribution in [0.5, 0.6) is 17.2 Å². The number of β-amino-alcohol motifs (C(OH)–C–C–N with tert-alkyl or cyclic N) is 1. The molecule has 0 radical (unpaired) electrons. The second kappa shape index (κ2) is 12.2. The lowest BCUT2D eigenvalue weighted by Crippen LogP contribution is -2.51. The summed E-state index contributed by atoms with van der Waals surface area (Å²) in [6.07, 6.45) is 6.30. The average Bonchev–Trinajstić information content (AvgIpc) is 3.29. The van der Waals surface area contributed by atoms with Crippen molar-refractivity contribution in [1.29, 1.82) is 0 Å². The molecular weight excluding hydrogens is 490 g/mol. The Morgan fingerprint density at radius 2 is 1.86 bits per heavy atom. The minimum atomic E-state index is -0.902. The molecule has 0 aliphatic carbocycles. The molecule has 8 heteroatoms. The summed E-state index contributed by atoms with van der Waals surface area (Å²) in [6.45, 7) is 9.84. The summed E-state index contributed by atoms with van der Waals surface area (Å²) in [4.78, 5) is 6.52. The fourth-order valence-electron chi connectivity index (χ4n) is 4.91. The Labute approximate surface area is 224 Å². The Kier molecular flexibility index (Phi) is 9.00. The Hall–Kier alpha value is -2.74. The van der Waals surface area contributed by atoms with Gasteiger partial charge in [0.05, 0.1) is 13.7 Å². The van der Waals surface area contributed by atoms with E-state index in [2.05, 4.69) is 20.5 Å². The highest BCUT2D eigenvalue weighted by Gasteiger charge is 2.34. The van der Waals surface area contributed by atoms with Gasteiger partial charge >= 0.3 is 0 Å². The van der Waals surface area contributed by atoms with Gasteiger partial charge in [0, 0.05) is 37.1 Å². The summed E-state index contributed by atoms with van der Waals surface area (Å²) in [5.41, 5.74) is 2.17. The number of ether oxygens (including phenoxy) is 3. The van der Waals surface area contributed by atoms with Crippen LogP contribution in [0.2, 0.25) is 5.02 Å². The van der Waals surface area contributed by atoms with E-state index in [0.717, 1.165) is 77.3 Å². The van der Waals surface area contributed by atoms with Crippen molar-refractivity contribution in [3.63, 3.8) is 0 Å². The Bertz CT molecular complexity index is 1170. The molecule has 2 aromatic carbocycles. The maximum atomic E-state index is 11.3. The van der Waals surface area contributed by atoms with Crippen molar-refractivity contribution in [3.05, 3.63) is 70.3 Å². The zero-order valence-electron chi connectivity index (χ0n) is 22.3. The number of aryl methyl sites for hydroxylation is 4. The minimum absolute atomic E-state index is 0.249. The molecule has 7 nitrogen and oxygen atoms in total. The molecule has 1 N–H and O–H groups in total. The third-order valence-electron chi connectivity index (χ3n) is 6.91. The van der Waals surface area contributed by atoms with Crippen molar-refractivity contribution in [2.75, 3.05) is 33.4 Å². The van der Waals surface area contributed by atoms with E-state index in [0.29, 0.717) is 19.6 Å². The van der Waals surface area contributed by atoms with Crippen molar-refractivity contribution < 1.29 is 19.3 Å². The van der Waals surface area contributed by atoms with Crippen LogP contribution in [0.3, 0.4) is 0 Å². The monoisotopic (exact) mass is 527 g/mol. The normalized spacial score (nSPS) is 18.1. The standard InChI is InChI=1S/C29H38ClN3O4/c1-21-15-25(16-22(2)28(21)30)37-20-29(34)9-5-11-32(19-29)18-24-7-8-26(27(17-24)35-4)36-14-6-12-33-13-10-31-23(33)3/h7-8,10,13,15-17,34H,5-6,9,11-12,14,18-20H2,1-4H3/t29-/m0/s1. The lowest BCUT2D eigenvalue weighted by atomic mass is 9.93. The molecule has 2 heterocycles. The second-order valence-corrected chi connectivity index (χ2v) is 10.4. The molecular formula is C29H38ClN3O4. The quantitative estimate of drug-likeness (QED) is 0.339. The van der Waals surface area contributed by atoms with Gasteiger partial charge < -0.3 is 23.9 Å². The molecule has 1 atom stereocenters. The van der Waals surface area contributed by atoms with Gasteiger partial charge in [-0.15, -0.1) is 0 Å². The van der Waals surface area contributed by atoms with Crippen LogP contribution >= 0.6 is 11.6 Å². The van der Waals surface area contributed by atoms with Crippen molar-refractivity contribution in [2.24, 2.45) is 0 Å². The molecule has 0 amide bonds. The second-order valence-electron chi connectivity index (χ2n) is 10.1. The smallest absolute Gasteiger partial charge is 0.161 e. The van der Waals surface area contributed by atoms with E-state index in [1.165, 1.54) is 0 Å². The molecule has 37 heavy (non-hydrogen) atoms. The van der Waals surface area contributed by atoms with Crippen LogP contribution in [-0.4, -0.2) is 58.6 Å². The first-order valence-corrected chi connectivity index (χ1v) is 13.3. The highest BCUT2D eigenvalue weighted by molar-refractivity contribution is 6.32. The SMILES string of the molecule is COc1cc(CN2CCC[C@@](O)(COc3cc(C)c(Cl)c(C)c3)C2)ccc1OCCCn1ccnc1C. The maximum Gasteiger partial charge on any atom is 0.161 e. The van der Waals surface area contributed by atoms with Gasteiger partial charge in [-0.1, -0.05) is 17.7 Å². The molecule has 0 spiro atoms. The lowest BCUT2D eigenvalue weighted by molar-refractivity contribution is -0.0621. The highest BCUT2D eigenvalue weighted by Crippen LogP contribution is 2.31. The number of nitrogens with zero attached hydrogens (tertiary/aromatic N) is 3. The van der Waals surface area contributed by atoms with Crippen molar-refractivity contribution >= 4 is 11.6 Å².